The van der Waals surface area contributed by atoms with Crippen LogP contribution in [0.25, 0.3) is 17.1 Å². The van der Waals surface area contributed by atoms with Crippen molar-refractivity contribution in [3.8, 4) is 17.1 Å². The van der Waals surface area contributed by atoms with Crippen LogP contribution in [0.2, 0.25) is 0 Å². The molecule has 32 heavy (non-hydrogen) atoms. The summed E-state index contributed by atoms with van der Waals surface area (Å²) in [4.78, 5) is 23.3. The van der Waals surface area contributed by atoms with Gasteiger partial charge < -0.3 is 4.90 Å². The Morgan fingerprint density at radius 1 is 1.12 bits per heavy atom. The number of hydrogen-bond acceptors (Lipinski definition) is 7. The number of carbonyl (C=O) groups is 1. The topological polar surface area (TPSA) is 76.8 Å². The van der Waals surface area contributed by atoms with Crippen molar-refractivity contribution in [1.82, 2.24) is 29.6 Å². The lowest BCUT2D eigenvalue weighted by atomic mass is 10.2. The van der Waals surface area contributed by atoms with Gasteiger partial charge in [-0.3, -0.25) is 14.3 Å². The molecule has 0 radical (unpaired) electrons. The van der Waals surface area contributed by atoms with Gasteiger partial charge in [-0.2, -0.15) is 0 Å². The predicted octanol–water partition coefficient (Wildman–Crippen LogP) is 4.62. The maximum absolute atomic E-state index is 12.6. The van der Waals surface area contributed by atoms with Crippen LogP contribution in [0.1, 0.15) is 33.9 Å². The van der Waals surface area contributed by atoms with Gasteiger partial charge in [0.1, 0.15) is 10.7 Å². The van der Waals surface area contributed by atoms with Gasteiger partial charge in [0.2, 0.25) is 0 Å². The van der Waals surface area contributed by atoms with E-state index in [0.29, 0.717) is 11.4 Å². The summed E-state index contributed by atoms with van der Waals surface area (Å²) in [6, 6.07) is 12.2. The Labute approximate surface area is 194 Å². The zero-order valence-electron chi connectivity index (χ0n) is 17.6. The molecule has 0 aliphatic carbocycles. The summed E-state index contributed by atoms with van der Waals surface area (Å²) in [5.41, 5.74) is 3.63. The highest BCUT2D eigenvalue weighted by Gasteiger charge is 2.22. The van der Waals surface area contributed by atoms with Crippen LogP contribution in [-0.4, -0.2) is 48.6 Å². The van der Waals surface area contributed by atoms with E-state index in [1.54, 1.807) is 24.2 Å². The monoisotopic (exact) mass is 462 g/mol. The maximum Gasteiger partial charge on any atom is 0.273 e. The molecule has 0 N–H and O–H groups in total. The Kier molecular flexibility index (Phi) is 6.00. The molecule has 1 amide bonds. The number of pyridine rings is 1. The fraction of sp³-hybridized carbons (Fsp3) is 0.261. The molecule has 1 aliphatic heterocycles. The van der Waals surface area contributed by atoms with Gasteiger partial charge in [-0.05, 0) is 44.0 Å². The number of aryl methyl sites for hydroxylation is 1. The largest absolute Gasteiger partial charge is 0.337 e. The summed E-state index contributed by atoms with van der Waals surface area (Å²) >= 11 is 3.08. The first kappa shape index (κ1) is 20.8. The van der Waals surface area contributed by atoms with E-state index in [-0.39, 0.29) is 5.91 Å². The quantitative estimate of drug-likeness (QED) is 0.389. The lowest BCUT2D eigenvalue weighted by Crippen LogP contribution is -2.27. The minimum Gasteiger partial charge on any atom is -0.337 e. The molecule has 0 saturated carbocycles. The molecule has 4 heterocycles. The highest BCUT2D eigenvalue weighted by molar-refractivity contribution is 7.98. The fourth-order valence-electron chi connectivity index (χ4n) is 3.66. The van der Waals surface area contributed by atoms with Crippen LogP contribution >= 0.6 is 23.1 Å². The second kappa shape index (κ2) is 9.22. The number of thiazole rings is 1. The lowest BCUT2D eigenvalue weighted by Gasteiger charge is -2.12. The summed E-state index contributed by atoms with van der Waals surface area (Å²) < 4.78 is 2.05. The van der Waals surface area contributed by atoms with E-state index in [1.807, 2.05) is 27.0 Å². The molecule has 7 nitrogen and oxygen atoms in total. The molecule has 0 spiro atoms. The van der Waals surface area contributed by atoms with Crippen molar-refractivity contribution in [3.05, 3.63) is 70.4 Å². The highest BCUT2D eigenvalue weighted by Crippen LogP contribution is 2.30. The van der Waals surface area contributed by atoms with E-state index < -0.39 is 0 Å². The number of amides is 1. The first-order valence-corrected chi connectivity index (χ1v) is 12.3. The van der Waals surface area contributed by atoms with Gasteiger partial charge in [0, 0.05) is 42.1 Å². The van der Waals surface area contributed by atoms with Crippen molar-refractivity contribution in [3.63, 3.8) is 0 Å². The lowest BCUT2D eigenvalue weighted by molar-refractivity contribution is 0.0787. The zero-order valence-corrected chi connectivity index (χ0v) is 19.3. The third-order valence-corrected chi connectivity index (χ3v) is 7.31. The molecule has 1 aliphatic rings. The molecular formula is C23H22N6OS2. The number of aromatic nitrogens is 5. The third-order valence-electron chi connectivity index (χ3n) is 5.33. The molecule has 1 saturated heterocycles. The molecule has 1 aromatic carbocycles. The molecule has 5 rings (SSSR count). The van der Waals surface area contributed by atoms with Crippen LogP contribution in [0.5, 0.6) is 0 Å². The molecule has 0 unspecified atom stereocenters. The summed E-state index contributed by atoms with van der Waals surface area (Å²) in [6.45, 7) is 3.73. The van der Waals surface area contributed by atoms with Crippen molar-refractivity contribution in [1.29, 1.82) is 0 Å². The van der Waals surface area contributed by atoms with Crippen LogP contribution in [0.4, 0.5) is 0 Å². The third kappa shape index (κ3) is 4.31. The number of nitrogens with zero attached hydrogens (tertiary/aromatic N) is 6. The van der Waals surface area contributed by atoms with Crippen molar-refractivity contribution < 1.29 is 4.79 Å². The Morgan fingerprint density at radius 3 is 2.69 bits per heavy atom. The Balaban J connectivity index is 1.40. The molecule has 0 bridgehead atoms. The van der Waals surface area contributed by atoms with Gasteiger partial charge in [-0.25, -0.2) is 4.98 Å². The molecule has 1 fully saturated rings. The molecule has 9 heteroatoms. The molecule has 4 aromatic rings. The minimum absolute atomic E-state index is 0.0386. The second-order valence-corrected chi connectivity index (χ2v) is 9.52. The van der Waals surface area contributed by atoms with Gasteiger partial charge in [0.15, 0.2) is 11.0 Å². The fourth-order valence-corrected chi connectivity index (χ4v) is 5.39. The zero-order chi connectivity index (χ0) is 21.9. The van der Waals surface area contributed by atoms with Gasteiger partial charge >= 0.3 is 0 Å². The first-order chi connectivity index (χ1) is 15.7. The van der Waals surface area contributed by atoms with Crippen LogP contribution < -0.4 is 0 Å². The van der Waals surface area contributed by atoms with E-state index >= 15 is 0 Å². The smallest absolute Gasteiger partial charge is 0.273 e. The Hall–Kier alpha value is -3.04. The van der Waals surface area contributed by atoms with E-state index in [0.717, 1.165) is 53.2 Å². The van der Waals surface area contributed by atoms with Gasteiger partial charge in [-0.15, -0.1) is 21.5 Å². The number of likely N-dealkylation sites (tertiary alicyclic amines) is 1. The standard InChI is InChI=1S/C23H22N6OS2/c1-16-6-8-18(9-7-16)29-21(17-5-4-10-24-13-17)26-27-23(29)32-15-20-25-19(14-31-20)22(30)28-11-2-3-12-28/h4-10,13-14H,2-3,11-12,15H2,1H3. The Bertz CT molecular complexity index is 1210. The maximum atomic E-state index is 12.6. The Morgan fingerprint density at radius 2 is 1.94 bits per heavy atom. The van der Waals surface area contributed by atoms with Crippen molar-refractivity contribution in [2.24, 2.45) is 0 Å². The number of carbonyl (C=O) groups excluding carboxylic acids is 1. The number of rotatable bonds is 6. The van der Waals surface area contributed by atoms with E-state index in [2.05, 4.69) is 51.4 Å². The van der Waals surface area contributed by atoms with Crippen molar-refractivity contribution >= 4 is 29.0 Å². The van der Waals surface area contributed by atoms with Crippen LogP contribution in [0.15, 0.2) is 59.3 Å². The summed E-state index contributed by atoms with van der Waals surface area (Å²) in [6.07, 6.45) is 5.69. The summed E-state index contributed by atoms with van der Waals surface area (Å²) in [5, 5.41) is 12.5. The highest BCUT2D eigenvalue weighted by atomic mass is 32.2. The van der Waals surface area contributed by atoms with E-state index in [1.165, 1.54) is 16.9 Å². The van der Waals surface area contributed by atoms with Gasteiger partial charge in [0.25, 0.3) is 5.91 Å². The predicted molar refractivity (Wildman–Crippen MR) is 126 cm³/mol. The SMILES string of the molecule is Cc1ccc(-n2c(SCc3nc(C(=O)N4CCCC4)cs3)nnc2-c2cccnc2)cc1. The van der Waals surface area contributed by atoms with E-state index in [9.17, 15) is 4.79 Å². The van der Waals surface area contributed by atoms with Crippen molar-refractivity contribution in [2.45, 2.75) is 30.7 Å². The summed E-state index contributed by atoms with van der Waals surface area (Å²) in [5.74, 6) is 1.40. The second-order valence-electron chi connectivity index (χ2n) is 7.63. The summed E-state index contributed by atoms with van der Waals surface area (Å²) in [7, 11) is 0. The van der Waals surface area contributed by atoms with Crippen LogP contribution in [0.3, 0.4) is 0 Å². The average Bonchev–Trinajstić information content (AvgIpc) is 3.59. The molecule has 0 atom stereocenters. The number of benzene rings is 1. The molecular weight excluding hydrogens is 440 g/mol. The number of thioether (sulfide) groups is 1. The van der Waals surface area contributed by atoms with Gasteiger partial charge in [0.05, 0.1) is 5.75 Å². The molecule has 162 valence electrons. The average molecular weight is 463 g/mol. The number of hydrogen-bond donors (Lipinski definition) is 0. The minimum atomic E-state index is 0.0386. The van der Waals surface area contributed by atoms with Crippen molar-refractivity contribution in [2.75, 3.05) is 13.1 Å². The molecule has 3 aromatic heterocycles. The first-order valence-electron chi connectivity index (χ1n) is 10.5. The van der Waals surface area contributed by atoms with Gasteiger partial charge in [-0.1, -0.05) is 29.5 Å². The van der Waals surface area contributed by atoms with Crippen LogP contribution in [0, 0.1) is 6.92 Å². The normalized spacial score (nSPS) is 13.6. The van der Waals surface area contributed by atoms with E-state index in [4.69, 9.17) is 0 Å². The van der Waals surface area contributed by atoms with Crippen LogP contribution in [-0.2, 0) is 5.75 Å².